The molecule has 0 unspecified atom stereocenters. The van der Waals surface area contributed by atoms with E-state index >= 15 is 0 Å². The van der Waals surface area contributed by atoms with Crippen LogP contribution in [-0.2, 0) is 0 Å². The minimum absolute atomic E-state index is 1.58. The minimum atomic E-state index is 1.58. The highest BCUT2D eigenvalue weighted by molar-refractivity contribution is 5.14. The molecule has 0 atom stereocenters. The van der Waals surface area contributed by atoms with Crippen molar-refractivity contribution in [3.63, 3.8) is 0 Å². The molecule has 0 fully saturated rings. The van der Waals surface area contributed by atoms with Gasteiger partial charge in [-0.1, -0.05) is 12.5 Å². The lowest BCUT2D eigenvalue weighted by atomic mass is 10.5. The maximum atomic E-state index is 4.86. The second-order valence-electron chi connectivity index (χ2n) is 0.897. The zero-order chi connectivity index (χ0) is 5.54. The van der Waals surface area contributed by atoms with Crippen LogP contribution in [0, 0.1) is 12.3 Å². The van der Waals surface area contributed by atoms with Crippen molar-refractivity contribution >= 4 is 0 Å². The summed E-state index contributed by atoms with van der Waals surface area (Å²) in [5.41, 5.74) is 2.55. The van der Waals surface area contributed by atoms with Gasteiger partial charge in [0, 0.05) is 0 Å². The fraction of sp³-hybridized carbons (Fsp3) is 0. The van der Waals surface area contributed by atoms with Crippen molar-refractivity contribution in [2.75, 3.05) is 0 Å². The number of hydrogen-bond acceptors (Lipinski definition) is 0. The van der Waals surface area contributed by atoms with Gasteiger partial charge in [0.2, 0.25) is 0 Å². The Kier molecular flexibility index (Phi) is 4.01. The van der Waals surface area contributed by atoms with E-state index in [1.54, 1.807) is 18.2 Å². The summed E-state index contributed by atoms with van der Waals surface area (Å²) in [4.78, 5) is 0. The molecule has 0 aliphatic rings. The van der Waals surface area contributed by atoms with E-state index in [9.17, 15) is 0 Å². The Hall–Kier alpha value is -1.18. The van der Waals surface area contributed by atoms with E-state index in [-0.39, 0.29) is 0 Å². The van der Waals surface area contributed by atoms with E-state index in [0.29, 0.717) is 0 Å². The fourth-order valence-electron chi connectivity index (χ4n) is 0.172. The first-order valence-electron chi connectivity index (χ1n) is 1.89. The molecule has 0 heteroatoms. The lowest BCUT2D eigenvalue weighted by Crippen LogP contribution is -1.41. The molecule has 0 radical (unpaired) electrons. The lowest BCUT2D eigenvalue weighted by molar-refractivity contribution is 2.02. The van der Waals surface area contributed by atoms with E-state index in [1.807, 2.05) is 0 Å². The molecule has 34 valence electrons. The predicted octanol–water partition coefficient (Wildman–Crippen LogP) is 1.52. The van der Waals surface area contributed by atoms with Crippen LogP contribution in [0.2, 0.25) is 0 Å². The second kappa shape index (κ2) is 4.82. The lowest BCUT2D eigenvalue weighted by Gasteiger charge is -1.58. The summed E-state index contributed by atoms with van der Waals surface area (Å²) in [7, 11) is 0. The Morgan fingerprint density at radius 3 is 2.71 bits per heavy atom. The summed E-state index contributed by atoms with van der Waals surface area (Å²) in [6.07, 6.45) is 9.80. The first kappa shape index (κ1) is 5.82. The number of rotatable bonds is 1. The van der Waals surface area contributed by atoms with Gasteiger partial charge >= 0.3 is 0 Å². The Morgan fingerprint density at radius 1 is 1.57 bits per heavy atom. The van der Waals surface area contributed by atoms with Crippen LogP contribution in [0.25, 0.3) is 0 Å². The van der Waals surface area contributed by atoms with Crippen LogP contribution in [-0.4, -0.2) is 0 Å². The van der Waals surface area contributed by atoms with E-state index in [1.165, 1.54) is 0 Å². The van der Waals surface area contributed by atoms with Crippen molar-refractivity contribution in [2.24, 2.45) is 0 Å². The molecular weight excluding hydrogens is 84.1 g/mol. The van der Waals surface area contributed by atoms with Crippen LogP contribution < -0.4 is 0 Å². The van der Waals surface area contributed by atoms with Crippen LogP contribution in [0.15, 0.2) is 30.5 Å². The smallest absolute Gasteiger partial charge is 0.0115 e. The van der Waals surface area contributed by atoms with E-state index in [2.05, 4.69) is 18.2 Å². The normalized spacial score (nSPS) is 7.29. The first-order valence-corrected chi connectivity index (χ1v) is 1.89. The Labute approximate surface area is 43.9 Å². The summed E-state index contributed by atoms with van der Waals surface area (Å²) < 4.78 is 0. The summed E-state index contributed by atoms with van der Waals surface area (Å²) >= 11 is 0. The highest BCUT2D eigenvalue weighted by Gasteiger charge is 1.49. The Balaban J connectivity index is 3.54. The SMILES string of the molecule is C#C/C=C\C=C=C. The average molecular weight is 90.1 g/mol. The molecule has 0 saturated carbocycles. The van der Waals surface area contributed by atoms with Crippen molar-refractivity contribution in [1.29, 1.82) is 0 Å². The summed E-state index contributed by atoms with van der Waals surface area (Å²) in [5.74, 6) is 2.32. The zero-order valence-electron chi connectivity index (χ0n) is 4.02. The van der Waals surface area contributed by atoms with E-state index < -0.39 is 0 Å². The van der Waals surface area contributed by atoms with Crippen molar-refractivity contribution in [3.05, 3.63) is 30.5 Å². The van der Waals surface area contributed by atoms with Gasteiger partial charge < -0.3 is 0 Å². The van der Waals surface area contributed by atoms with Gasteiger partial charge in [-0.05, 0) is 18.2 Å². The van der Waals surface area contributed by atoms with Crippen LogP contribution in [0.4, 0.5) is 0 Å². The molecule has 0 bridgehead atoms. The standard InChI is InChI=1S/C7H6/c1-3-5-7-6-4-2/h1,5-7H,2H2/b7-5-. The van der Waals surface area contributed by atoms with Gasteiger partial charge in [-0.3, -0.25) is 0 Å². The average Bonchev–Trinajstić information content (AvgIpc) is 1.69. The van der Waals surface area contributed by atoms with Crippen LogP contribution >= 0.6 is 0 Å². The largest absolute Gasteiger partial charge is 0.129 e. The van der Waals surface area contributed by atoms with Crippen molar-refractivity contribution in [3.8, 4) is 12.3 Å². The highest BCUT2D eigenvalue weighted by Crippen LogP contribution is 1.67. The van der Waals surface area contributed by atoms with Crippen LogP contribution in [0.3, 0.4) is 0 Å². The third-order valence-electron chi connectivity index (χ3n) is 0.407. The fourth-order valence-corrected chi connectivity index (χ4v) is 0.172. The first-order chi connectivity index (χ1) is 3.41. The second-order valence-corrected chi connectivity index (χ2v) is 0.897. The van der Waals surface area contributed by atoms with Crippen molar-refractivity contribution < 1.29 is 0 Å². The van der Waals surface area contributed by atoms with Gasteiger partial charge in [0.05, 0.1) is 0 Å². The van der Waals surface area contributed by atoms with Gasteiger partial charge in [-0.2, -0.15) is 0 Å². The quantitative estimate of drug-likeness (QED) is 0.260. The molecule has 0 saturated heterocycles. The number of hydrogen-bond donors (Lipinski definition) is 0. The molecule has 0 amide bonds. The number of allylic oxidation sites excluding steroid dienone is 3. The monoisotopic (exact) mass is 90.0 g/mol. The minimum Gasteiger partial charge on any atom is -0.129 e. The molecule has 0 aliphatic heterocycles. The molecule has 0 aromatic heterocycles. The van der Waals surface area contributed by atoms with Gasteiger partial charge in [0.1, 0.15) is 0 Å². The molecule has 0 heterocycles. The molecular formula is C7H6. The third kappa shape index (κ3) is 4.82. The zero-order valence-corrected chi connectivity index (χ0v) is 4.02. The van der Waals surface area contributed by atoms with Crippen LogP contribution in [0.1, 0.15) is 0 Å². The summed E-state index contributed by atoms with van der Waals surface area (Å²) in [6.45, 7) is 3.33. The van der Waals surface area contributed by atoms with E-state index in [0.717, 1.165) is 0 Å². The molecule has 0 aromatic carbocycles. The highest BCUT2D eigenvalue weighted by atomic mass is 13.5. The van der Waals surface area contributed by atoms with Gasteiger partial charge in [0.15, 0.2) is 0 Å². The molecule has 0 aromatic rings. The van der Waals surface area contributed by atoms with Gasteiger partial charge in [-0.15, -0.1) is 12.2 Å². The van der Waals surface area contributed by atoms with Gasteiger partial charge in [0.25, 0.3) is 0 Å². The predicted molar refractivity (Wildman–Crippen MR) is 31.7 cm³/mol. The Bertz CT molecular complexity index is 138. The van der Waals surface area contributed by atoms with Crippen LogP contribution in [0.5, 0.6) is 0 Å². The molecule has 0 spiro atoms. The molecule has 0 rings (SSSR count). The third-order valence-corrected chi connectivity index (χ3v) is 0.407. The number of terminal acetylenes is 1. The maximum absolute atomic E-state index is 4.86. The topological polar surface area (TPSA) is 0 Å². The van der Waals surface area contributed by atoms with Crippen molar-refractivity contribution in [1.82, 2.24) is 0 Å². The summed E-state index contributed by atoms with van der Waals surface area (Å²) in [6, 6.07) is 0. The Morgan fingerprint density at radius 2 is 2.29 bits per heavy atom. The van der Waals surface area contributed by atoms with Gasteiger partial charge in [-0.25, -0.2) is 0 Å². The summed E-state index contributed by atoms with van der Waals surface area (Å²) in [5, 5.41) is 0. The molecule has 0 N–H and O–H groups in total. The van der Waals surface area contributed by atoms with E-state index in [4.69, 9.17) is 6.42 Å². The molecule has 0 aliphatic carbocycles. The molecule has 0 nitrogen and oxygen atoms in total. The molecule has 7 heavy (non-hydrogen) atoms. The van der Waals surface area contributed by atoms with Crippen molar-refractivity contribution in [2.45, 2.75) is 0 Å². The maximum Gasteiger partial charge on any atom is -0.0115 e.